The first-order chi connectivity index (χ1) is 8.96. The zero-order valence-electron chi connectivity index (χ0n) is 14.4. The molecule has 0 atom stereocenters. The molecule has 0 fully saturated rings. The molecule has 0 aliphatic heterocycles. The minimum absolute atomic E-state index is 0.0355. The van der Waals surface area contributed by atoms with E-state index in [4.69, 9.17) is 9.15 Å². The lowest BCUT2D eigenvalue weighted by Gasteiger charge is -2.35. The van der Waals surface area contributed by atoms with Crippen LogP contribution in [0.5, 0.6) is 0 Å². The van der Waals surface area contributed by atoms with Crippen molar-refractivity contribution in [2.75, 3.05) is 0 Å². The fourth-order valence-corrected chi connectivity index (χ4v) is 3.29. The molecule has 0 amide bonds. The van der Waals surface area contributed by atoms with E-state index in [2.05, 4.69) is 62.3 Å². The van der Waals surface area contributed by atoms with Gasteiger partial charge in [-0.1, -0.05) is 55.4 Å². The van der Waals surface area contributed by atoms with Gasteiger partial charge in [0, 0.05) is 11.1 Å². The average molecular weight is 276 g/mol. The van der Waals surface area contributed by atoms with Crippen LogP contribution >= 0.6 is 0 Å². The highest BCUT2D eigenvalue weighted by Gasteiger charge is 2.35. The summed E-state index contributed by atoms with van der Waals surface area (Å²) in [6.45, 7) is 20.3. The number of hydrogen-bond acceptors (Lipinski definition) is 2. The highest BCUT2D eigenvalue weighted by molar-refractivity contribution is 5.83. The molecule has 0 saturated carbocycles. The molecule has 20 heavy (non-hydrogen) atoms. The third-order valence-corrected chi connectivity index (χ3v) is 3.98. The van der Waals surface area contributed by atoms with Crippen molar-refractivity contribution in [3.05, 3.63) is 22.3 Å². The Labute approximate surface area is 122 Å². The van der Waals surface area contributed by atoms with Gasteiger partial charge in [0.15, 0.2) is 0 Å². The average Bonchev–Trinajstić information content (AvgIpc) is 2.15. The molecule has 0 aliphatic rings. The lowest BCUT2D eigenvalue weighted by atomic mass is 9.70. The van der Waals surface area contributed by atoms with Gasteiger partial charge in [-0.15, -0.1) is 0 Å². The van der Waals surface area contributed by atoms with Crippen molar-refractivity contribution in [3.63, 3.8) is 0 Å². The van der Waals surface area contributed by atoms with E-state index in [0.29, 0.717) is 5.92 Å². The highest BCUT2D eigenvalue weighted by atomic mass is 17.0. The number of rotatable bonds is 1. The van der Waals surface area contributed by atoms with Gasteiger partial charge in [0.25, 0.3) is 0 Å². The van der Waals surface area contributed by atoms with Crippen molar-refractivity contribution in [2.45, 2.75) is 79.1 Å². The van der Waals surface area contributed by atoms with E-state index in [1.165, 1.54) is 22.3 Å². The molecule has 2 heteroatoms. The van der Waals surface area contributed by atoms with Gasteiger partial charge in [-0.3, -0.25) is 9.15 Å². The number of fused-ring (bicyclic) bond motifs is 1. The molecule has 1 heterocycles. The van der Waals surface area contributed by atoms with Crippen molar-refractivity contribution in [1.29, 1.82) is 0 Å². The van der Waals surface area contributed by atoms with Crippen LogP contribution in [0.3, 0.4) is 0 Å². The fourth-order valence-electron chi connectivity index (χ4n) is 3.29. The zero-order chi connectivity index (χ0) is 15.5. The number of benzene rings is 1. The van der Waals surface area contributed by atoms with Crippen molar-refractivity contribution in [1.82, 2.24) is 0 Å². The Kier molecular flexibility index (Phi) is 3.35. The second kappa shape index (κ2) is 4.41. The van der Waals surface area contributed by atoms with Crippen LogP contribution in [0, 0.1) is 6.92 Å². The van der Waals surface area contributed by atoms with Crippen LogP contribution in [-0.4, -0.2) is 0 Å². The predicted octanol–water partition coefficient (Wildman–Crippen LogP) is 6.05. The fraction of sp³-hybridized carbons (Fsp3) is 0.667. The maximum Gasteiger partial charge on any atom is 0.230 e. The summed E-state index contributed by atoms with van der Waals surface area (Å²) in [6.07, 6.45) is 0. The molecule has 0 aliphatic carbocycles. The minimum atomic E-state index is 0.0355. The molecule has 0 saturated heterocycles. The van der Waals surface area contributed by atoms with Crippen LogP contribution in [0.1, 0.15) is 83.6 Å². The van der Waals surface area contributed by atoms with Crippen molar-refractivity contribution < 1.29 is 9.15 Å². The van der Waals surface area contributed by atoms with Gasteiger partial charge in [0.1, 0.15) is 0 Å². The quantitative estimate of drug-likeness (QED) is 0.592. The van der Waals surface area contributed by atoms with E-state index >= 15 is 0 Å². The molecular formula is C18H28O2. The first-order valence-corrected chi connectivity index (χ1v) is 7.52. The first-order valence-electron chi connectivity index (χ1n) is 7.52. The van der Waals surface area contributed by atoms with Crippen molar-refractivity contribution in [3.8, 4) is 0 Å². The topological polar surface area (TPSA) is 26.3 Å². The van der Waals surface area contributed by atoms with Crippen LogP contribution in [0.2, 0.25) is 0 Å². The monoisotopic (exact) mass is 276 g/mol. The molecule has 2 aromatic rings. The molecule has 0 radical (unpaired) electrons. The summed E-state index contributed by atoms with van der Waals surface area (Å²) in [6, 6.07) is 0. The number of aryl methyl sites for hydroxylation is 1. The third kappa shape index (κ3) is 2.19. The van der Waals surface area contributed by atoms with Crippen LogP contribution in [-0.2, 0) is 10.8 Å². The maximum absolute atomic E-state index is 5.39. The van der Waals surface area contributed by atoms with Gasteiger partial charge in [-0.05, 0) is 34.8 Å². The number of hydrogen-bond donors (Lipinski definition) is 0. The van der Waals surface area contributed by atoms with Gasteiger partial charge >= 0.3 is 0 Å². The lowest BCUT2D eigenvalue weighted by molar-refractivity contribution is 0.0562. The highest BCUT2D eigenvalue weighted by Crippen LogP contribution is 2.46. The summed E-state index contributed by atoms with van der Waals surface area (Å²) in [5.41, 5.74) is 7.40. The molecule has 0 unspecified atom stereocenters. The second-order valence-electron chi connectivity index (χ2n) is 8.27. The van der Waals surface area contributed by atoms with Gasteiger partial charge in [-0.25, -0.2) is 0 Å². The molecule has 2 rings (SSSR count). The van der Waals surface area contributed by atoms with Gasteiger partial charge in [0.2, 0.25) is 11.2 Å². The van der Waals surface area contributed by atoms with E-state index in [0.717, 1.165) is 11.2 Å². The molecule has 0 spiro atoms. The maximum atomic E-state index is 5.39. The Balaban J connectivity index is 3.00. The van der Waals surface area contributed by atoms with E-state index in [-0.39, 0.29) is 10.8 Å². The Morgan fingerprint density at radius 1 is 0.750 bits per heavy atom. The van der Waals surface area contributed by atoms with Crippen LogP contribution in [0.25, 0.3) is 11.2 Å². The second-order valence-corrected chi connectivity index (χ2v) is 8.27. The molecule has 2 nitrogen and oxygen atoms in total. The van der Waals surface area contributed by atoms with E-state index in [1.807, 2.05) is 0 Å². The van der Waals surface area contributed by atoms with Gasteiger partial charge < -0.3 is 0 Å². The van der Waals surface area contributed by atoms with E-state index < -0.39 is 0 Å². The summed E-state index contributed by atoms with van der Waals surface area (Å²) in [5.74, 6) is 0.472. The summed E-state index contributed by atoms with van der Waals surface area (Å²) in [4.78, 5) is 0. The Morgan fingerprint density at radius 2 is 1.20 bits per heavy atom. The Morgan fingerprint density at radius 3 is 1.50 bits per heavy atom. The first kappa shape index (κ1) is 15.2. The Hall–Kier alpha value is -1.18. The lowest BCUT2D eigenvalue weighted by Crippen LogP contribution is -2.26. The van der Waals surface area contributed by atoms with E-state index in [1.54, 1.807) is 0 Å². The van der Waals surface area contributed by atoms with Crippen LogP contribution in [0.15, 0.2) is 9.15 Å². The largest absolute Gasteiger partial charge is 0.285 e. The van der Waals surface area contributed by atoms with Crippen LogP contribution < -0.4 is 0 Å². The standard InChI is InChI=1S/C18H28O2/c1-10(2)12-11(3)15-16(20-19-15)14(18(7,8)9)13(12)17(4,5)6/h10H,1-9H3. The predicted molar refractivity (Wildman–Crippen MR) is 84.7 cm³/mol. The molecule has 1 aromatic heterocycles. The van der Waals surface area contributed by atoms with Crippen LogP contribution in [0.4, 0.5) is 0 Å². The summed E-state index contributed by atoms with van der Waals surface area (Å²) < 4.78 is 10.7. The Bertz CT molecular complexity index is 625. The summed E-state index contributed by atoms with van der Waals surface area (Å²) in [7, 11) is 0. The SMILES string of the molecule is Cc1c(C(C)C)c(C(C)(C)C)c(C(C)(C)C)c2ooc12. The molecule has 0 bridgehead atoms. The van der Waals surface area contributed by atoms with Gasteiger partial charge in [-0.2, -0.15) is 0 Å². The van der Waals surface area contributed by atoms with E-state index in [9.17, 15) is 0 Å². The smallest absolute Gasteiger partial charge is 0.230 e. The summed E-state index contributed by atoms with van der Waals surface area (Å²) >= 11 is 0. The van der Waals surface area contributed by atoms with Crippen molar-refractivity contribution in [2.24, 2.45) is 0 Å². The molecular weight excluding hydrogens is 248 g/mol. The zero-order valence-corrected chi connectivity index (χ0v) is 14.4. The summed E-state index contributed by atoms with van der Waals surface area (Å²) in [5, 5.41) is 0. The molecule has 1 aromatic carbocycles. The van der Waals surface area contributed by atoms with Crippen molar-refractivity contribution >= 4 is 11.2 Å². The normalized spacial score (nSPS) is 13.7. The minimum Gasteiger partial charge on any atom is -0.285 e. The third-order valence-electron chi connectivity index (χ3n) is 3.98. The molecule has 112 valence electrons. The van der Waals surface area contributed by atoms with Gasteiger partial charge in [0.05, 0.1) is 0 Å². The molecule has 0 N–H and O–H groups in total.